The average molecular weight is 416 g/mol. The first-order valence-electron chi connectivity index (χ1n) is 10.0. The number of furan rings is 1. The molecular formula is C23H23Cl2NO2. The maximum absolute atomic E-state index is 12.6. The highest BCUT2D eigenvalue weighted by molar-refractivity contribution is 6.36. The molecule has 3 nitrogen and oxygen atoms in total. The zero-order chi connectivity index (χ0) is 19.3. The maximum atomic E-state index is 12.6. The lowest BCUT2D eigenvalue weighted by Crippen LogP contribution is -2.59. The van der Waals surface area contributed by atoms with Crippen LogP contribution in [0.4, 0.5) is 0 Å². The minimum absolute atomic E-state index is 0.0237. The van der Waals surface area contributed by atoms with Crippen LogP contribution in [-0.2, 0) is 4.79 Å². The highest BCUT2D eigenvalue weighted by atomic mass is 35.5. The Kier molecular flexibility index (Phi) is 4.56. The van der Waals surface area contributed by atoms with Crippen LogP contribution in [0.1, 0.15) is 44.3 Å². The smallest absolute Gasteiger partial charge is 0.244 e. The monoisotopic (exact) mass is 415 g/mol. The molecule has 0 saturated heterocycles. The molecule has 1 aromatic heterocycles. The Morgan fingerprint density at radius 3 is 2.36 bits per heavy atom. The van der Waals surface area contributed by atoms with Gasteiger partial charge in [-0.2, -0.15) is 0 Å². The van der Waals surface area contributed by atoms with Gasteiger partial charge in [0.05, 0.1) is 5.02 Å². The summed E-state index contributed by atoms with van der Waals surface area (Å²) in [6.45, 7) is 0. The summed E-state index contributed by atoms with van der Waals surface area (Å²) in [6.07, 6.45) is 10.9. The molecule has 28 heavy (non-hydrogen) atoms. The van der Waals surface area contributed by atoms with E-state index in [2.05, 4.69) is 5.32 Å². The Labute approximate surface area is 175 Å². The summed E-state index contributed by atoms with van der Waals surface area (Å²) in [5, 5.41) is 4.47. The molecule has 0 unspecified atom stereocenters. The summed E-state index contributed by atoms with van der Waals surface area (Å²) in [6, 6.07) is 8.99. The topological polar surface area (TPSA) is 42.2 Å². The molecule has 5 heteroatoms. The predicted molar refractivity (Wildman–Crippen MR) is 112 cm³/mol. The molecule has 0 spiro atoms. The van der Waals surface area contributed by atoms with E-state index in [4.69, 9.17) is 27.6 Å². The lowest BCUT2D eigenvalue weighted by atomic mass is 9.53. The highest BCUT2D eigenvalue weighted by Crippen LogP contribution is 2.55. The molecule has 0 radical (unpaired) electrons. The van der Waals surface area contributed by atoms with Gasteiger partial charge in [-0.05, 0) is 92.7 Å². The molecule has 6 rings (SSSR count). The zero-order valence-electron chi connectivity index (χ0n) is 15.6. The van der Waals surface area contributed by atoms with Gasteiger partial charge >= 0.3 is 0 Å². The third-order valence-electron chi connectivity index (χ3n) is 6.65. The summed E-state index contributed by atoms with van der Waals surface area (Å²) in [4.78, 5) is 12.6. The molecule has 1 N–H and O–H groups in total. The van der Waals surface area contributed by atoms with Crippen molar-refractivity contribution in [3.8, 4) is 11.3 Å². The van der Waals surface area contributed by atoms with Gasteiger partial charge in [0.25, 0.3) is 0 Å². The molecule has 2 aromatic rings. The molecule has 4 bridgehead atoms. The third kappa shape index (κ3) is 3.51. The number of halogens is 2. The fourth-order valence-corrected chi connectivity index (χ4v) is 6.50. The Hall–Kier alpha value is -1.71. The molecule has 4 aliphatic rings. The largest absolute Gasteiger partial charge is 0.457 e. The Bertz CT molecular complexity index is 911. The second-order valence-electron chi connectivity index (χ2n) is 8.85. The summed E-state index contributed by atoms with van der Waals surface area (Å²) in [7, 11) is 0. The van der Waals surface area contributed by atoms with Crippen LogP contribution in [0.15, 0.2) is 40.8 Å². The van der Waals surface area contributed by atoms with Gasteiger partial charge in [-0.15, -0.1) is 0 Å². The van der Waals surface area contributed by atoms with Crippen LogP contribution < -0.4 is 5.32 Å². The Morgan fingerprint density at radius 2 is 1.71 bits per heavy atom. The molecule has 4 aliphatic carbocycles. The van der Waals surface area contributed by atoms with Crippen molar-refractivity contribution in [1.82, 2.24) is 5.32 Å². The van der Waals surface area contributed by atoms with Crippen molar-refractivity contribution in [1.29, 1.82) is 0 Å². The quantitative estimate of drug-likeness (QED) is 0.590. The Balaban J connectivity index is 1.27. The van der Waals surface area contributed by atoms with E-state index >= 15 is 0 Å². The van der Waals surface area contributed by atoms with Crippen LogP contribution in [0, 0.1) is 17.8 Å². The molecule has 0 atom stereocenters. The molecular weight excluding hydrogens is 393 g/mol. The third-order valence-corrected chi connectivity index (χ3v) is 7.20. The predicted octanol–water partition coefficient (Wildman–Crippen LogP) is 6.35. The van der Waals surface area contributed by atoms with E-state index in [1.807, 2.05) is 18.2 Å². The SMILES string of the molecule is O=C(/C=C/c1ccc(-c2ccc(Cl)cc2Cl)o1)NC12CC3CC(CC(C3)C1)C2. The van der Waals surface area contributed by atoms with Gasteiger partial charge in [0, 0.05) is 22.2 Å². The standard InChI is InChI=1S/C23H23Cl2NO2/c24-17-1-4-19(20(25)10-17)21-5-2-18(28-21)3-6-22(27)26-23-11-14-7-15(12-23)9-16(8-14)13-23/h1-6,10,14-16H,7-9,11-13H2,(H,26,27)/b6-3+. The van der Waals surface area contributed by atoms with Crippen LogP contribution >= 0.6 is 23.2 Å². The number of nitrogens with one attached hydrogen (secondary N) is 1. The van der Waals surface area contributed by atoms with Crippen molar-refractivity contribution in [2.75, 3.05) is 0 Å². The second-order valence-corrected chi connectivity index (χ2v) is 9.69. The lowest BCUT2D eigenvalue weighted by Gasteiger charge is -2.56. The summed E-state index contributed by atoms with van der Waals surface area (Å²) in [5.41, 5.74) is 0.810. The van der Waals surface area contributed by atoms with Gasteiger partial charge in [0.1, 0.15) is 11.5 Å². The van der Waals surface area contributed by atoms with Crippen molar-refractivity contribution in [3.63, 3.8) is 0 Å². The van der Waals surface area contributed by atoms with Crippen molar-refractivity contribution in [2.45, 2.75) is 44.1 Å². The molecule has 1 heterocycles. The summed E-state index contributed by atoms with van der Waals surface area (Å²) < 4.78 is 5.84. The number of hydrogen-bond donors (Lipinski definition) is 1. The molecule has 1 amide bonds. The number of carbonyl (C=O) groups is 1. The minimum atomic E-state index is -0.0237. The van der Waals surface area contributed by atoms with Gasteiger partial charge < -0.3 is 9.73 Å². The van der Waals surface area contributed by atoms with Crippen molar-refractivity contribution < 1.29 is 9.21 Å². The van der Waals surface area contributed by atoms with E-state index < -0.39 is 0 Å². The van der Waals surface area contributed by atoms with E-state index in [9.17, 15) is 4.79 Å². The molecule has 0 aliphatic heterocycles. The van der Waals surface area contributed by atoms with Crippen LogP contribution in [0.25, 0.3) is 17.4 Å². The highest BCUT2D eigenvalue weighted by Gasteiger charge is 2.51. The number of rotatable bonds is 4. The number of amides is 1. The van der Waals surface area contributed by atoms with Gasteiger partial charge in [0.15, 0.2) is 0 Å². The number of carbonyl (C=O) groups excluding carboxylic acids is 1. The van der Waals surface area contributed by atoms with Crippen molar-refractivity contribution in [3.05, 3.63) is 52.2 Å². The van der Waals surface area contributed by atoms with Gasteiger partial charge in [-0.1, -0.05) is 23.2 Å². The average Bonchev–Trinajstić information content (AvgIpc) is 3.07. The van der Waals surface area contributed by atoms with Crippen LogP contribution in [0.2, 0.25) is 10.0 Å². The molecule has 146 valence electrons. The van der Waals surface area contributed by atoms with E-state index in [0.717, 1.165) is 42.6 Å². The summed E-state index contributed by atoms with van der Waals surface area (Å²) in [5.74, 6) is 3.70. The first-order chi connectivity index (χ1) is 13.5. The van der Waals surface area contributed by atoms with Crippen molar-refractivity contribution in [2.24, 2.45) is 17.8 Å². The van der Waals surface area contributed by atoms with Gasteiger partial charge in [0.2, 0.25) is 5.91 Å². The first kappa shape index (κ1) is 18.3. The van der Waals surface area contributed by atoms with Crippen molar-refractivity contribution >= 4 is 35.2 Å². The fraction of sp³-hybridized carbons (Fsp3) is 0.435. The van der Waals surface area contributed by atoms with Crippen LogP contribution in [0.5, 0.6) is 0 Å². The number of benzene rings is 1. The lowest BCUT2D eigenvalue weighted by molar-refractivity contribution is -0.122. The van der Waals surface area contributed by atoms with Crippen LogP contribution in [-0.4, -0.2) is 11.4 Å². The first-order valence-corrected chi connectivity index (χ1v) is 10.8. The van der Waals surface area contributed by atoms with E-state index in [1.165, 1.54) is 19.3 Å². The normalized spacial score (nSPS) is 30.9. The molecule has 4 fully saturated rings. The number of hydrogen-bond acceptors (Lipinski definition) is 2. The Morgan fingerprint density at radius 1 is 1.04 bits per heavy atom. The molecule has 4 saturated carbocycles. The second kappa shape index (κ2) is 6.96. The van der Waals surface area contributed by atoms with E-state index in [-0.39, 0.29) is 11.4 Å². The van der Waals surface area contributed by atoms with Crippen LogP contribution in [0.3, 0.4) is 0 Å². The minimum Gasteiger partial charge on any atom is -0.457 e. The zero-order valence-corrected chi connectivity index (χ0v) is 17.1. The van der Waals surface area contributed by atoms with E-state index in [1.54, 1.807) is 24.3 Å². The molecule has 1 aromatic carbocycles. The maximum Gasteiger partial charge on any atom is 0.244 e. The van der Waals surface area contributed by atoms with Gasteiger partial charge in [-0.25, -0.2) is 0 Å². The summed E-state index contributed by atoms with van der Waals surface area (Å²) >= 11 is 12.2. The van der Waals surface area contributed by atoms with E-state index in [0.29, 0.717) is 21.6 Å². The van der Waals surface area contributed by atoms with Gasteiger partial charge in [-0.3, -0.25) is 4.79 Å². The fourth-order valence-electron chi connectivity index (χ4n) is 6.00.